The lowest BCUT2D eigenvalue weighted by Crippen LogP contribution is -2.12. The molecule has 1 heterocycles. The Labute approximate surface area is 116 Å². The molecule has 0 bridgehead atoms. The van der Waals surface area contributed by atoms with Gasteiger partial charge in [0.25, 0.3) is 5.69 Å². The lowest BCUT2D eigenvalue weighted by molar-refractivity contribution is -0.384. The molecule has 0 saturated heterocycles. The largest absolute Gasteiger partial charge is 0.496 e. The van der Waals surface area contributed by atoms with E-state index in [9.17, 15) is 10.1 Å². The minimum atomic E-state index is -0.430. The first-order valence-corrected chi connectivity index (χ1v) is 6.09. The van der Waals surface area contributed by atoms with Crippen LogP contribution in [0.2, 0.25) is 0 Å². The third kappa shape index (κ3) is 2.71. The lowest BCUT2D eigenvalue weighted by atomic mass is 10.2. The Balaban J connectivity index is 2.29. The first kappa shape index (κ1) is 13.9. The van der Waals surface area contributed by atoms with Crippen molar-refractivity contribution in [3.05, 3.63) is 46.3 Å². The van der Waals surface area contributed by atoms with Gasteiger partial charge < -0.3 is 10.1 Å². The number of rotatable bonds is 5. The number of anilines is 1. The van der Waals surface area contributed by atoms with Gasteiger partial charge in [0.15, 0.2) is 0 Å². The van der Waals surface area contributed by atoms with Crippen LogP contribution in [-0.4, -0.2) is 21.8 Å². The van der Waals surface area contributed by atoms with Crippen LogP contribution < -0.4 is 10.1 Å². The van der Waals surface area contributed by atoms with Gasteiger partial charge >= 0.3 is 0 Å². The average Bonchev–Trinajstić information content (AvgIpc) is 2.85. The average molecular weight is 276 g/mol. The highest BCUT2D eigenvalue weighted by Gasteiger charge is 2.18. The minimum Gasteiger partial charge on any atom is -0.496 e. The molecule has 7 heteroatoms. The van der Waals surface area contributed by atoms with E-state index in [0.717, 1.165) is 5.69 Å². The van der Waals surface area contributed by atoms with Crippen LogP contribution in [0.1, 0.15) is 18.7 Å². The van der Waals surface area contributed by atoms with Gasteiger partial charge in [-0.15, -0.1) is 0 Å². The van der Waals surface area contributed by atoms with Crippen LogP contribution in [0, 0.1) is 10.1 Å². The minimum absolute atomic E-state index is 0.0154. The first-order valence-electron chi connectivity index (χ1n) is 6.09. The number of hydrogen-bond donors (Lipinski definition) is 1. The van der Waals surface area contributed by atoms with E-state index in [1.54, 1.807) is 23.0 Å². The van der Waals surface area contributed by atoms with Crippen LogP contribution in [-0.2, 0) is 7.05 Å². The number of ether oxygens (including phenoxy) is 1. The van der Waals surface area contributed by atoms with Gasteiger partial charge in [0.05, 0.1) is 29.8 Å². The van der Waals surface area contributed by atoms with E-state index in [2.05, 4.69) is 10.4 Å². The summed E-state index contributed by atoms with van der Waals surface area (Å²) in [7, 11) is 3.31. The van der Waals surface area contributed by atoms with Crippen molar-refractivity contribution in [1.29, 1.82) is 0 Å². The van der Waals surface area contributed by atoms with E-state index in [1.165, 1.54) is 13.2 Å². The fourth-order valence-electron chi connectivity index (χ4n) is 2.03. The second-order valence-corrected chi connectivity index (χ2v) is 4.39. The molecule has 0 saturated carbocycles. The van der Waals surface area contributed by atoms with E-state index in [1.807, 2.05) is 20.0 Å². The van der Waals surface area contributed by atoms with Gasteiger partial charge in [-0.1, -0.05) is 0 Å². The molecule has 1 atom stereocenters. The molecular formula is C13H16N4O3. The number of hydrogen-bond acceptors (Lipinski definition) is 5. The van der Waals surface area contributed by atoms with Crippen LogP contribution in [0.15, 0.2) is 30.5 Å². The Hall–Kier alpha value is -2.57. The van der Waals surface area contributed by atoms with Crippen molar-refractivity contribution < 1.29 is 9.66 Å². The summed E-state index contributed by atoms with van der Waals surface area (Å²) >= 11 is 0. The molecule has 0 aliphatic rings. The highest BCUT2D eigenvalue weighted by atomic mass is 16.6. The number of nitro groups is 1. The predicted octanol–water partition coefficient (Wildman–Crippen LogP) is 2.51. The van der Waals surface area contributed by atoms with Gasteiger partial charge in [-0.25, -0.2) is 0 Å². The van der Waals surface area contributed by atoms with Crippen molar-refractivity contribution >= 4 is 11.4 Å². The van der Waals surface area contributed by atoms with Gasteiger partial charge in [-0.3, -0.25) is 14.8 Å². The van der Waals surface area contributed by atoms with Crippen molar-refractivity contribution in [2.24, 2.45) is 7.05 Å². The van der Waals surface area contributed by atoms with Crippen LogP contribution in [0.5, 0.6) is 5.75 Å². The zero-order valence-electron chi connectivity index (χ0n) is 11.5. The molecule has 1 aromatic carbocycles. The summed E-state index contributed by atoms with van der Waals surface area (Å²) in [4.78, 5) is 10.7. The number of nitrogens with one attached hydrogen (secondary N) is 1. The standard InChI is InChI=1S/C13H16N4O3/c1-9(12-6-7-14-16(12)2)15-11-5-4-10(20-3)8-13(11)17(18)19/h4-9,15H,1-3H3. The molecule has 2 rings (SSSR count). The number of nitrogens with zero attached hydrogens (tertiary/aromatic N) is 3. The van der Waals surface area contributed by atoms with E-state index >= 15 is 0 Å². The molecule has 1 N–H and O–H groups in total. The summed E-state index contributed by atoms with van der Waals surface area (Å²) in [5.74, 6) is 0.454. The van der Waals surface area contributed by atoms with Crippen molar-refractivity contribution in [2.75, 3.05) is 12.4 Å². The second kappa shape index (κ2) is 5.60. The number of methoxy groups -OCH3 is 1. The Bertz CT molecular complexity index is 624. The maximum atomic E-state index is 11.1. The molecule has 1 aromatic heterocycles. The number of aryl methyl sites for hydroxylation is 1. The summed E-state index contributed by atoms with van der Waals surface area (Å²) in [6.07, 6.45) is 1.69. The predicted molar refractivity (Wildman–Crippen MR) is 74.9 cm³/mol. The third-order valence-corrected chi connectivity index (χ3v) is 3.08. The zero-order chi connectivity index (χ0) is 14.7. The first-order chi connectivity index (χ1) is 9.52. The van der Waals surface area contributed by atoms with E-state index < -0.39 is 4.92 Å². The number of aromatic nitrogens is 2. The van der Waals surface area contributed by atoms with Crippen LogP contribution in [0.4, 0.5) is 11.4 Å². The molecule has 106 valence electrons. The molecule has 7 nitrogen and oxygen atoms in total. The molecule has 1 unspecified atom stereocenters. The molecule has 0 spiro atoms. The Morgan fingerprint density at radius 3 is 2.75 bits per heavy atom. The lowest BCUT2D eigenvalue weighted by Gasteiger charge is -2.16. The van der Waals surface area contributed by atoms with Crippen LogP contribution >= 0.6 is 0 Å². The highest BCUT2D eigenvalue weighted by molar-refractivity contribution is 5.64. The third-order valence-electron chi connectivity index (χ3n) is 3.08. The zero-order valence-corrected chi connectivity index (χ0v) is 11.5. The number of benzene rings is 1. The molecule has 0 fully saturated rings. The van der Waals surface area contributed by atoms with Gasteiger partial charge in [0.2, 0.25) is 0 Å². The van der Waals surface area contributed by atoms with Crippen LogP contribution in [0.25, 0.3) is 0 Å². The van der Waals surface area contributed by atoms with Gasteiger partial charge in [0.1, 0.15) is 11.4 Å². The Morgan fingerprint density at radius 2 is 2.20 bits per heavy atom. The molecular weight excluding hydrogens is 260 g/mol. The van der Waals surface area contributed by atoms with Crippen molar-refractivity contribution in [1.82, 2.24) is 9.78 Å². The van der Waals surface area contributed by atoms with E-state index in [4.69, 9.17) is 4.74 Å². The monoisotopic (exact) mass is 276 g/mol. The fraction of sp³-hybridized carbons (Fsp3) is 0.308. The highest BCUT2D eigenvalue weighted by Crippen LogP contribution is 2.31. The number of nitro benzene ring substituents is 1. The van der Waals surface area contributed by atoms with Gasteiger partial charge in [-0.05, 0) is 25.1 Å². The fourth-order valence-corrected chi connectivity index (χ4v) is 2.03. The quantitative estimate of drug-likeness (QED) is 0.670. The molecule has 2 aromatic rings. The maximum absolute atomic E-state index is 11.1. The van der Waals surface area contributed by atoms with Crippen molar-refractivity contribution in [3.63, 3.8) is 0 Å². The van der Waals surface area contributed by atoms with Crippen LogP contribution in [0.3, 0.4) is 0 Å². The normalized spacial score (nSPS) is 11.9. The van der Waals surface area contributed by atoms with E-state index in [0.29, 0.717) is 11.4 Å². The van der Waals surface area contributed by atoms with E-state index in [-0.39, 0.29) is 11.7 Å². The molecule has 0 amide bonds. The maximum Gasteiger partial charge on any atom is 0.296 e. The van der Waals surface area contributed by atoms with Gasteiger partial charge in [-0.2, -0.15) is 5.10 Å². The SMILES string of the molecule is COc1ccc(NC(C)c2ccnn2C)c([N+](=O)[O-])c1. The summed E-state index contributed by atoms with van der Waals surface area (Å²) in [6.45, 7) is 1.92. The smallest absolute Gasteiger partial charge is 0.296 e. The molecule has 20 heavy (non-hydrogen) atoms. The Morgan fingerprint density at radius 1 is 1.45 bits per heavy atom. The van der Waals surface area contributed by atoms with Gasteiger partial charge in [0, 0.05) is 13.2 Å². The summed E-state index contributed by atoms with van der Waals surface area (Å²) in [6, 6.07) is 6.50. The topological polar surface area (TPSA) is 82.2 Å². The molecule has 0 radical (unpaired) electrons. The second-order valence-electron chi connectivity index (χ2n) is 4.39. The summed E-state index contributed by atoms with van der Waals surface area (Å²) in [5, 5.41) is 18.3. The van der Waals surface area contributed by atoms with Crippen molar-refractivity contribution in [3.8, 4) is 5.75 Å². The molecule has 0 aliphatic heterocycles. The summed E-state index contributed by atoms with van der Waals surface area (Å²) < 4.78 is 6.74. The summed E-state index contributed by atoms with van der Waals surface area (Å²) in [5.41, 5.74) is 1.37. The Kier molecular flexibility index (Phi) is 3.88. The van der Waals surface area contributed by atoms with Crippen molar-refractivity contribution in [2.45, 2.75) is 13.0 Å². The molecule has 0 aliphatic carbocycles.